The number of anilines is 1. The third-order valence-electron chi connectivity index (χ3n) is 4.98. The minimum Gasteiger partial charge on any atom is -0.322 e. The van der Waals surface area contributed by atoms with Crippen molar-refractivity contribution in [1.82, 2.24) is 14.8 Å². The molecule has 154 valence electrons. The first-order valence-electron chi connectivity index (χ1n) is 9.41. The fourth-order valence-corrected chi connectivity index (χ4v) is 3.64. The molecule has 3 aromatic rings. The van der Waals surface area contributed by atoms with Crippen molar-refractivity contribution in [1.29, 1.82) is 0 Å². The number of fused-ring (bicyclic) bond motifs is 1. The second kappa shape index (κ2) is 8.19. The Morgan fingerprint density at radius 1 is 1.17 bits per heavy atom. The Labute approximate surface area is 175 Å². The van der Waals surface area contributed by atoms with E-state index >= 15 is 0 Å². The van der Waals surface area contributed by atoms with E-state index in [1.165, 1.54) is 30.3 Å². The lowest BCUT2D eigenvalue weighted by molar-refractivity contribution is -0.384. The van der Waals surface area contributed by atoms with Gasteiger partial charge in [0.15, 0.2) is 5.82 Å². The van der Waals surface area contributed by atoms with Gasteiger partial charge in [-0.15, -0.1) is 10.2 Å². The van der Waals surface area contributed by atoms with E-state index in [1.807, 2.05) is 4.57 Å². The normalized spacial score (nSPS) is 13.4. The van der Waals surface area contributed by atoms with E-state index < -0.39 is 16.6 Å². The summed E-state index contributed by atoms with van der Waals surface area (Å²) in [6, 6.07) is 7.91. The summed E-state index contributed by atoms with van der Waals surface area (Å²) in [4.78, 5) is 22.9. The summed E-state index contributed by atoms with van der Waals surface area (Å²) in [6.45, 7) is 0.710. The summed E-state index contributed by atoms with van der Waals surface area (Å²) in [5.41, 5.74) is 0.263. The van der Waals surface area contributed by atoms with Gasteiger partial charge in [0.2, 0.25) is 0 Å². The summed E-state index contributed by atoms with van der Waals surface area (Å²) in [7, 11) is 0. The standard InChI is InChI=1S/C20H17ClFN5O3/c21-15-7-5-12(10-17(15)27(29)30)20(28)23-13-6-8-16(22)14(11-13)19-25-24-18-4-2-1-3-9-26(18)19/h5-8,10-11H,1-4,9H2,(H,23,28). The predicted octanol–water partition coefficient (Wildman–Crippen LogP) is 4.62. The molecule has 10 heteroatoms. The van der Waals surface area contributed by atoms with E-state index in [-0.39, 0.29) is 21.8 Å². The van der Waals surface area contributed by atoms with Crippen molar-refractivity contribution in [3.8, 4) is 11.4 Å². The zero-order chi connectivity index (χ0) is 21.3. The van der Waals surface area contributed by atoms with E-state index in [4.69, 9.17) is 11.6 Å². The van der Waals surface area contributed by atoms with Crippen LogP contribution in [-0.2, 0) is 13.0 Å². The van der Waals surface area contributed by atoms with Gasteiger partial charge in [-0.25, -0.2) is 4.39 Å². The highest BCUT2D eigenvalue weighted by atomic mass is 35.5. The summed E-state index contributed by atoms with van der Waals surface area (Å²) >= 11 is 5.79. The highest BCUT2D eigenvalue weighted by molar-refractivity contribution is 6.32. The maximum Gasteiger partial charge on any atom is 0.288 e. The number of rotatable bonds is 4. The fourth-order valence-electron chi connectivity index (χ4n) is 3.46. The molecule has 0 spiro atoms. The zero-order valence-electron chi connectivity index (χ0n) is 15.8. The number of aryl methyl sites for hydroxylation is 1. The van der Waals surface area contributed by atoms with Crippen molar-refractivity contribution < 1.29 is 14.1 Å². The number of aromatic nitrogens is 3. The quantitative estimate of drug-likeness (QED) is 0.481. The topological polar surface area (TPSA) is 103 Å². The molecule has 0 aliphatic carbocycles. The minimum atomic E-state index is -0.661. The van der Waals surface area contributed by atoms with Gasteiger partial charge in [-0.1, -0.05) is 18.0 Å². The first kappa shape index (κ1) is 20.0. The molecule has 2 heterocycles. The Bertz CT molecular complexity index is 1150. The zero-order valence-corrected chi connectivity index (χ0v) is 16.5. The molecule has 0 unspecified atom stereocenters. The number of benzene rings is 2. The first-order chi connectivity index (χ1) is 14.4. The molecule has 1 aliphatic heterocycles. The van der Waals surface area contributed by atoms with Gasteiger partial charge in [-0.3, -0.25) is 14.9 Å². The molecule has 0 fully saturated rings. The van der Waals surface area contributed by atoms with Crippen molar-refractivity contribution in [3.63, 3.8) is 0 Å². The summed E-state index contributed by atoms with van der Waals surface area (Å²) in [5, 5.41) is 22.0. The molecule has 0 saturated heterocycles. The second-order valence-electron chi connectivity index (χ2n) is 6.97. The molecule has 0 bridgehead atoms. The summed E-state index contributed by atoms with van der Waals surface area (Å²) < 4.78 is 16.5. The molecule has 0 saturated carbocycles. The molecule has 1 N–H and O–H groups in total. The van der Waals surface area contributed by atoms with Crippen LogP contribution in [0.5, 0.6) is 0 Å². The molecule has 1 amide bonds. The van der Waals surface area contributed by atoms with Crippen molar-refractivity contribution in [2.75, 3.05) is 5.32 Å². The van der Waals surface area contributed by atoms with Crippen LogP contribution in [0.2, 0.25) is 5.02 Å². The number of amides is 1. The monoisotopic (exact) mass is 429 g/mol. The van der Waals surface area contributed by atoms with Gasteiger partial charge in [0.25, 0.3) is 11.6 Å². The highest BCUT2D eigenvalue weighted by Crippen LogP contribution is 2.29. The number of hydrogen-bond acceptors (Lipinski definition) is 5. The van der Waals surface area contributed by atoms with Crippen LogP contribution in [-0.4, -0.2) is 25.6 Å². The largest absolute Gasteiger partial charge is 0.322 e. The fraction of sp³-hybridized carbons (Fsp3) is 0.250. The number of nitrogens with zero attached hydrogens (tertiary/aromatic N) is 4. The molecule has 30 heavy (non-hydrogen) atoms. The first-order valence-corrected chi connectivity index (χ1v) is 9.79. The highest BCUT2D eigenvalue weighted by Gasteiger charge is 2.20. The van der Waals surface area contributed by atoms with E-state index in [2.05, 4.69) is 15.5 Å². The molecule has 1 aliphatic rings. The van der Waals surface area contributed by atoms with Crippen molar-refractivity contribution in [2.24, 2.45) is 0 Å². The van der Waals surface area contributed by atoms with Crippen LogP contribution in [0, 0.1) is 15.9 Å². The molecular formula is C20H17ClFN5O3. The maximum absolute atomic E-state index is 14.6. The molecule has 0 atom stereocenters. The van der Waals surface area contributed by atoms with Crippen LogP contribution in [0.25, 0.3) is 11.4 Å². The van der Waals surface area contributed by atoms with Crippen LogP contribution in [0.1, 0.15) is 35.4 Å². The van der Waals surface area contributed by atoms with Gasteiger partial charge in [-0.05, 0) is 43.2 Å². The Hall–Kier alpha value is -3.33. The number of nitro groups is 1. The maximum atomic E-state index is 14.6. The molecule has 2 aromatic carbocycles. The van der Waals surface area contributed by atoms with E-state index in [9.17, 15) is 19.3 Å². The average Bonchev–Trinajstić information content (AvgIpc) is 2.97. The number of nitrogens with one attached hydrogen (secondary N) is 1. The lowest BCUT2D eigenvalue weighted by Crippen LogP contribution is -2.12. The predicted molar refractivity (Wildman–Crippen MR) is 109 cm³/mol. The van der Waals surface area contributed by atoms with Gasteiger partial charge in [0.1, 0.15) is 16.7 Å². The Balaban J connectivity index is 1.63. The number of hydrogen-bond donors (Lipinski definition) is 1. The number of nitro benzene ring substituents is 1. The summed E-state index contributed by atoms with van der Waals surface area (Å²) in [6.07, 6.45) is 3.85. The van der Waals surface area contributed by atoms with Gasteiger partial charge < -0.3 is 9.88 Å². The van der Waals surface area contributed by atoms with Crippen molar-refractivity contribution in [2.45, 2.75) is 32.2 Å². The lowest BCUT2D eigenvalue weighted by Gasteiger charge is -2.11. The van der Waals surface area contributed by atoms with Crippen LogP contribution in [0.3, 0.4) is 0 Å². The van der Waals surface area contributed by atoms with Crippen molar-refractivity contribution >= 4 is 28.9 Å². The number of halogens is 2. The number of carbonyl (C=O) groups is 1. The SMILES string of the molecule is O=C(Nc1ccc(F)c(-c2nnc3n2CCCCC3)c1)c1ccc(Cl)c([N+](=O)[O-])c1. The molecule has 8 nitrogen and oxygen atoms in total. The van der Waals surface area contributed by atoms with Crippen LogP contribution in [0.4, 0.5) is 15.8 Å². The van der Waals surface area contributed by atoms with Crippen molar-refractivity contribution in [3.05, 3.63) is 68.7 Å². The molecule has 1 aromatic heterocycles. The lowest BCUT2D eigenvalue weighted by atomic mass is 10.1. The minimum absolute atomic E-state index is 0.0619. The molecule has 4 rings (SSSR count). The molecule has 0 radical (unpaired) electrons. The van der Waals surface area contributed by atoms with E-state index in [0.717, 1.165) is 37.6 Å². The van der Waals surface area contributed by atoms with Gasteiger partial charge in [0.05, 0.1) is 10.5 Å². The Morgan fingerprint density at radius 2 is 2.00 bits per heavy atom. The second-order valence-corrected chi connectivity index (χ2v) is 7.38. The Morgan fingerprint density at radius 3 is 2.80 bits per heavy atom. The van der Waals surface area contributed by atoms with Crippen LogP contribution in [0.15, 0.2) is 36.4 Å². The van der Waals surface area contributed by atoms with E-state index in [0.29, 0.717) is 18.1 Å². The van der Waals surface area contributed by atoms with Gasteiger partial charge in [0, 0.05) is 30.3 Å². The summed E-state index contributed by atoms with van der Waals surface area (Å²) in [5.74, 6) is 0.189. The van der Waals surface area contributed by atoms with Crippen LogP contribution < -0.4 is 5.32 Å². The third kappa shape index (κ3) is 3.88. The smallest absolute Gasteiger partial charge is 0.288 e. The molecular weight excluding hydrogens is 413 g/mol. The number of carbonyl (C=O) groups excluding carboxylic acids is 1. The Kier molecular flexibility index (Phi) is 5.45. The van der Waals surface area contributed by atoms with Gasteiger partial charge >= 0.3 is 0 Å². The van der Waals surface area contributed by atoms with Gasteiger partial charge in [-0.2, -0.15) is 0 Å². The average molecular weight is 430 g/mol. The van der Waals surface area contributed by atoms with Crippen LogP contribution >= 0.6 is 11.6 Å². The third-order valence-corrected chi connectivity index (χ3v) is 5.30. The van der Waals surface area contributed by atoms with E-state index in [1.54, 1.807) is 0 Å².